The lowest BCUT2D eigenvalue weighted by atomic mass is 10.1. The van der Waals surface area contributed by atoms with E-state index in [1.54, 1.807) is 18.2 Å². The Balaban J connectivity index is 2.05. The van der Waals surface area contributed by atoms with Crippen molar-refractivity contribution in [2.45, 2.75) is 6.54 Å². The van der Waals surface area contributed by atoms with Gasteiger partial charge in [-0.2, -0.15) is 0 Å². The third-order valence-electron chi connectivity index (χ3n) is 4.09. The summed E-state index contributed by atoms with van der Waals surface area (Å²) in [4.78, 5) is 29.2. The molecule has 1 aromatic heterocycles. The van der Waals surface area contributed by atoms with E-state index >= 15 is 0 Å². The number of fused-ring (bicyclic) bond motifs is 1. The lowest BCUT2D eigenvalue weighted by Crippen LogP contribution is -2.30. The highest BCUT2D eigenvalue weighted by molar-refractivity contribution is 6.03. The maximum atomic E-state index is 12.3. The number of aromatic nitrogens is 1. The zero-order valence-corrected chi connectivity index (χ0v) is 16.0. The first-order valence-electron chi connectivity index (χ1n) is 8.88. The molecule has 8 heteroatoms. The van der Waals surface area contributed by atoms with Crippen LogP contribution < -0.4 is 10.1 Å². The summed E-state index contributed by atoms with van der Waals surface area (Å²) in [6.45, 7) is -0.157. The molecule has 3 N–H and O–H groups in total. The largest absolute Gasteiger partial charge is 0.505 e. The number of carboxylic acid groups (broad SMARTS) is 1. The first kappa shape index (κ1) is 20.1. The number of amides is 1. The lowest BCUT2D eigenvalue weighted by Gasteiger charge is -2.16. The van der Waals surface area contributed by atoms with Crippen LogP contribution in [-0.2, 0) is 11.3 Å². The molecular weight excluding hydrogens is 374 g/mol. The Morgan fingerprint density at radius 3 is 2.45 bits per heavy atom. The number of nitrogens with one attached hydrogen (secondary N) is 1. The van der Waals surface area contributed by atoms with Crippen LogP contribution in [0.2, 0.25) is 0 Å². The van der Waals surface area contributed by atoms with E-state index in [4.69, 9.17) is 9.84 Å². The summed E-state index contributed by atoms with van der Waals surface area (Å²) in [6, 6.07) is 14.4. The van der Waals surface area contributed by atoms with Crippen LogP contribution in [0.5, 0.6) is 17.2 Å². The van der Waals surface area contributed by atoms with Gasteiger partial charge in [0.15, 0.2) is 11.4 Å². The second-order valence-electron chi connectivity index (χ2n) is 6.69. The molecule has 1 heterocycles. The first-order valence-corrected chi connectivity index (χ1v) is 8.88. The van der Waals surface area contributed by atoms with E-state index in [2.05, 4.69) is 10.3 Å². The Labute approximate surface area is 167 Å². The van der Waals surface area contributed by atoms with Crippen LogP contribution in [0.4, 0.5) is 0 Å². The number of carbonyl (C=O) groups is 2. The number of carboxylic acids is 1. The topological polar surface area (TPSA) is 112 Å². The second-order valence-corrected chi connectivity index (χ2v) is 6.69. The van der Waals surface area contributed by atoms with Gasteiger partial charge in [0.05, 0.1) is 5.69 Å². The molecule has 3 aromatic rings. The summed E-state index contributed by atoms with van der Waals surface area (Å²) in [5.74, 6) is -1.02. The maximum absolute atomic E-state index is 12.3. The van der Waals surface area contributed by atoms with E-state index in [0.717, 1.165) is 0 Å². The molecule has 0 fully saturated rings. The monoisotopic (exact) mass is 395 g/mol. The Bertz CT molecular complexity index is 1050. The van der Waals surface area contributed by atoms with Crippen molar-refractivity contribution in [2.24, 2.45) is 0 Å². The Morgan fingerprint density at radius 1 is 1.07 bits per heavy atom. The van der Waals surface area contributed by atoms with Gasteiger partial charge in [0.1, 0.15) is 18.0 Å². The van der Waals surface area contributed by atoms with Gasteiger partial charge in [-0.25, -0.2) is 4.98 Å². The van der Waals surface area contributed by atoms with Crippen LogP contribution in [0.25, 0.3) is 10.8 Å². The average Bonchev–Trinajstić information content (AvgIpc) is 2.68. The molecular formula is C21H21N3O5. The van der Waals surface area contributed by atoms with Crippen molar-refractivity contribution in [3.63, 3.8) is 0 Å². The Kier molecular flexibility index (Phi) is 5.94. The van der Waals surface area contributed by atoms with Crippen LogP contribution in [-0.4, -0.2) is 52.6 Å². The van der Waals surface area contributed by atoms with Gasteiger partial charge in [-0.15, -0.1) is 0 Å². The quantitative estimate of drug-likeness (QED) is 0.564. The highest BCUT2D eigenvalue weighted by Gasteiger charge is 2.20. The minimum atomic E-state index is -1.19. The van der Waals surface area contributed by atoms with Gasteiger partial charge in [0.2, 0.25) is 0 Å². The van der Waals surface area contributed by atoms with Crippen molar-refractivity contribution in [2.75, 3.05) is 20.6 Å². The molecule has 29 heavy (non-hydrogen) atoms. The molecule has 150 valence electrons. The van der Waals surface area contributed by atoms with Crippen LogP contribution >= 0.6 is 0 Å². The fourth-order valence-electron chi connectivity index (χ4n) is 2.85. The summed E-state index contributed by atoms with van der Waals surface area (Å²) in [6.07, 6.45) is 0. The first-order chi connectivity index (χ1) is 13.8. The molecule has 0 aliphatic carbocycles. The number of hydrogen-bond donors (Lipinski definition) is 3. The smallest absolute Gasteiger partial charge is 0.322 e. The molecule has 0 radical (unpaired) electrons. The number of benzene rings is 2. The minimum absolute atomic E-state index is 0.215. The van der Waals surface area contributed by atoms with Gasteiger partial charge in [-0.3, -0.25) is 9.59 Å². The Morgan fingerprint density at radius 2 is 1.79 bits per heavy atom. The number of pyridine rings is 1. The van der Waals surface area contributed by atoms with Gasteiger partial charge in [0.25, 0.3) is 5.91 Å². The summed E-state index contributed by atoms with van der Waals surface area (Å²) < 4.78 is 5.86. The number of hydrogen-bond acceptors (Lipinski definition) is 6. The molecule has 0 saturated heterocycles. The zero-order chi connectivity index (χ0) is 21.0. The number of aliphatic carboxylic acids is 1. The van der Waals surface area contributed by atoms with Crippen LogP contribution in [0.3, 0.4) is 0 Å². The summed E-state index contributed by atoms with van der Waals surface area (Å²) in [5.41, 5.74) is 0.342. The van der Waals surface area contributed by atoms with Gasteiger partial charge < -0.3 is 25.2 Å². The fourth-order valence-corrected chi connectivity index (χ4v) is 2.85. The van der Waals surface area contributed by atoms with Gasteiger partial charge in [-0.1, -0.05) is 18.2 Å². The van der Waals surface area contributed by atoms with Crippen molar-refractivity contribution in [3.8, 4) is 17.2 Å². The predicted molar refractivity (Wildman–Crippen MR) is 107 cm³/mol. The van der Waals surface area contributed by atoms with Crippen LogP contribution in [0.15, 0.2) is 48.5 Å². The van der Waals surface area contributed by atoms with Crippen molar-refractivity contribution in [1.29, 1.82) is 0 Å². The SMILES string of the molecule is CN(C)Cc1nc(C(=O)NCC(=O)O)c(O)c2ccc(Oc3ccccc3)cc12. The summed E-state index contributed by atoms with van der Waals surface area (Å²) in [7, 11) is 3.71. The second kappa shape index (κ2) is 8.57. The highest BCUT2D eigenvalue weighted by atomic mass is 16.5. The van der Waals surface area contributed by atoms with Crippen molar-refractivity contribution >= 4 is 22.6 Å². The molecule has 0 atom stereocenters. The minimum Gasteiger partial charge on any atom is -0.505 e. The molecule has 3 rings (SSSR count). The standard InChI is InChI=1S/C21H21N3O5/c1-24(2)12-17-16-10-14(29-13-6-4-3-5-7-13)8-9-15(16)20(27)19(23-17)21(28)22-11-18(25)26/h3-10,27H,11-12H2,1-2H3,(H,22,28)(H,25,26). The Hall–Kier alpha value is -3.65. The van der Waals surface area contributed by atoms with E-state index in [-0.39, 0.29) is 11.4 Å². The number of rotatable bonds is 7. The number of aromatic hydroxyl groups is 1. The van der Waals surface area contributed by atoms with Crippen LogP contribution in [0, 0.1) is 0 Å². The van der Waals surface area contributed by atoms with E-state index in [1.807, 2.05) is 49.3 Å². The van der Waals surface area contributed by atoms with Crippen molar-refractivity contribution in [1.82, 2.24) is 15.2 Å². The van der Waals surface area contributed by atoms with Crippen molar-refractivity contribution < 1.29 is 24.5 Å². The molecule has 2 aromatic carbocycles. The molecule has 0 unspecified atom stereocenters. The number of carbonyl (C=O) groups excluding carboxylic acids is 1. The third kappa shape index (κ3) is 4.80. The fraction of sp³-hybridized carbons (Fsp3) is 0.190. The lowest BCUT2D eigenvalue weighted by molar-refractivity contribution is -0.135. The predicted octanol–water partition coefficient (Wildman–Crippen LogP) is 2.61. The molecule has 0 bridgehead atoms. The van der Waals surface area contributed by atoms with Crippen LogP contribution in [0.1, 0.15) is 16.2 Å². The highest BCUT2D eigenvalue weighted by Crippen LogP contribution is 2.34. The van der Waals surface area contributed by atoms with Gasteiger partial charge in [0, 0.05) is 17.3 Å². The summed E-state index contributed by atoms with van der Waals surface area (Å²) in [5, 5.41) is 22.7. The zero-order valence-electron chi connectivity index (χ0n) is 16.0. The third-order valence-corrected chi connectivity index (χ3v) is 4.09. The molecule has 1 amide bonds. The molecule has 0 aliphatic rings. The number of nitrogens with zero attached hydrogens (tertiary/aromatic N) is 2. The maximum Gasteiger partial charge on any atom is 0.322 e. The molecule has 0 spiro atoms. The van der Waals surface area contributed by atoms with Gasteiger partial charge >= 0.3 is 5.97 Å². The number of ether oxygens (including phenoxy) is 1. The van der Waals surface area contributed by atoms with E-state index in [0.29, 0.717) is 34.5 Å². The van der Waals surface area contributed by atoms with E-state index in [1.165, 1.54) is 0 Å². The molecule has 0 saturated carbocycles. The van der Waals surface area contributed by atoms with Gasteiger partial charge in [-0.05, 0) is 44.4 Å². The van der Waals surface area contributed by atoms with E-state index < -0.39 is 18.4 Å². The molecule has 0 aliphatic heterocycles. The average molecular weight is 395 g/mol. The normalized spacial score (nSPS) is 10.9. The summed E-state index contributed by atoms with van der Waals surface area (Å²) >= 11 is 0. The van der Waals surface area contributed by atoms with E-state index in [9.17, 15) is 14.7 Å². The molecule has 8 nitrogen and oxygen atoms in total. The van der Waals surface area contributed by atoms with Crippen molar-refractivity contribution in [3.05, 3.63) is 59.9 Å². The number of para-hydroxylation sites is 1.